The monoisotopic (exact) mass is 504 g/mol. The summed E-state index contributed by atoms with van der Waals surface area (Å²) in [6.07, 6.45) is 11.8. The number of hydrogen-bond acceptors (Lipinski definition) is 6. The molecule has 37 heavy (non-hydrogen) atoms. The van der Waals surface area contributed by atoms with Crippen molar-refractivity contribution in [2.45, 2.75) is 85.6 Å². The third kappa shape index (κ3) is 6.65. The molecule has 1 aliphatic rings. The van der Waals surface area contributed by atoms with E-state index in [9.17, 15) is 30.0 Å². The van der Waals surface area contributed by atoms with Gasteiger partial charge in [0.1, 0.15) is 23.3 Å². The summed E-state index contributed by atoms with van der Waals surface area (Å²) in [5.41, 5.74) is 0.530. The first-order valence-electron chi connectivity index (χ1n) is 13.0. The molecule has 1 aromatic rings. The Hall–Kier alpha value is -3.91. The maximum atomic E-state index is 13.1. The van der Waals surface area contributed by atoms with Crippen LogP contribution in [0.4, 0.5) is 0 Å². The van der Waals surface area contributed by atoms with Crippen molar-refractivity contribution in [1.29, 1.82) is 10.5 Å². The number of aromatic hydroxyl groups is 1. The van der Waals surface area contributed by atoms with Crippen molar-refractivity contribution in [2.24, 2.45) is 0 Å². The van der Waals surface area contributed by atoms with Gasteiger partial charge in [-0.1, -0.05) is 58.4 Å². The van der Waals surface area contributed by atoms with Crippen LogP contribution in [0.2, 0.25) is 0 Å². The Morgan fingerprint density at radius 2 is 1.49 bits per heavy atom. The summed E-state index contributed by atoms with van der Waals surface area (Å²) in [6.45, 7) is 7.84. The molecule has 1 N–H and O–H groups in total. The lowest BCUT2D eigenvalue weighted by Crippen LogP contribution is -2.43. The van der Waals surface area contributed by atoms with Crippen molar-refractivity contribution in [3.8, 4) is 18.0 Å². The highest BCUT2D eigenvalue weighted by molar-refractivity contribution is 6.18. The number of rotatable bonds is 12. The van der Waals surface area contributed by atoms with Gasteiger partial charge in [0.25, 0.3) is 17.4 Å². The Morgan fingerprint density at radius 1 is 0.865 bits per heavy atom. The predicted octanol–water partition coefficient (Wildman–Crippen LogP) is 5.04. The van der Waals surface area contributed by atoms with Gasteiger partial charge in [-0.05, 0) is 50.0 Å². The number of amides is 2. The van der Waals surface area contributed by atoms with Crippen LogP contribution in [0.5, 0.6) is 5.88 Å². The van der Waals surface area contributed by atoms with Crippen molar-refractivity contribution in [1.82, 2.24) is 9.47 Å². The fraction of sp³-hybridized carbons (Fsp3) is 0.483. The summed E-state index contributed by atoms with van der Waals surface area (Å²) in [7, 11) is 0. The fourth-order valence-corrected chi connectivity index (χ4v) is 4.37. The maximum Gasteiger partial charge on any atom is 0.271 e. The zero-order valence-corrected chi connectivity index (χ0v) is 22.3. The lowest BCUT2D eigenvalue weighted by atomic mass is 9.94. The maximum absolute atomic E-state index is 13.1. The summed E-state index contributed by atoms with van der Waals surface area (Å²) < 4.78 is 1.22. The molecule has 0 saturated heterocycles. The molecule has 2 heterocycles. The van der Waals surface area contributed by atoms with Gasteiger partial charge in [0.05, 0.1) is 0 Å². The second kappa shape index (κ2) is 14.0. The minimum Gasteiger partial charge on any atom is -0.494 e. The van der Waals surface area contributed by atoms with Crippen LogP contribution >= 0.6 is 0 Å². The van der Waals surface area contributed by atoms with Gasteiger partial charge in [0.2, 0.25) is 5.88 Å². The molecule has 2 rings (SSSR count). The largest absolute Gasteiger partial charge is 0.494 e. The van der Waals surface area contributed by atoms with E-state index in [1.165, 1.54) is 22.8 Å². The number of carbonyl (C=O) groups excluding carboxylic acids is 2. The highest BCUT2D eigenvalue weighted by Crippen LogP contribution is 2.27. The van der Waals surface area contributed by atoms with E-state index in [1.807, 2.05) is 12.1 Å². The molecule has 0 aliphatic carbocycles. The van der Waals surface area contributed by atoms with E-state index in [1.54, 1.807) is 13.8 Å². The molecular weight excluding hydrogens is 468 g/mol. The van der Waals surface area contributed by atoms with E-state index in [0.717, 1.165) is 43.4 Å². The van der Waals surface area contributed by atoms with E-state index in [4.69, 9.17) is 0 Å². The summed E-state index contributed by atoms with van der Waals surface area (Å²) in [4.78, 5) is 39.7. The topological polar surface area (TPSA) is 127 Å². The molecule has 1 aliphatic heterocycles. The Labute approximate surface area is 218 Å². The van der Waals surface area contributed by atoms with Crippen LogP contribution in [0.25, 0.3) is 6.08 Å². The highest BCUT2D eigenvalue weighted by Gasteiger charge is 2.34. The van der Waals surface area contributed by atoms with Gasteiger partial charge in [-0.15, -0.1) is 0 Å². The Kier molecular flexibility index (Phi) is 11.1. The lowest BCUT2D eigenvalue weighted by molar-refractivity contribution is -0.140. The minimum atomic E-state index is -0.579. The summed E-state index contributed by atoms with van der Waals surface area (Å²) in [5, 5.41) is 30.0. The molecule has 2 amide bonds. The molecule has 0 radical (unpaired) electrons. The van der Waals surface area contributed by atoms with Gasteiger partial charge in [0.15, 0.2) is 0 Å². The summed E-state index contributed by atoms with van der Waals surface area (Å²) in [6, 6.07) is 3.87. The molecule has 8 heteroatoms. The molecule has 0 saturated carbocycles. The molecule has 0 unspecified atom stereocenters. The number of unbranched alkanes of at least 4 members (excludes halogenated alkanes) is 6. The Bertz CT molecular complexity index is 1270. The predicted molar refractivity (Wildman–Crippen MR) is 142 cm³/mol. The fourth-order valence-electron chi connectivity index (χ4n) is 4.37. The third-order valence-electron chi connectivity index (χ3n) is 6.67. The molecule has 0 bridgehead atoms. The highest BCUT2D eigenvalue weighted by atomic mass is 16.3. The van der Waals surface area contributed by atoms with E-state index in [-0.39, 0.29) is 29.1 Å². The first-order chi connectivity index (χ1) is 17.7. The van der Waals surface area contributed by atoms with Crippen molar-refractivity contribution in [3.05, 3.63) is 55.9 Å². The molecule has 0 fully saturated rings. The molecule has 196 valence electrons. The van der Waals surface area contributed by atoms with Crippen molar-refractivity contribution in [2.75, 3.05) is 6.54 Å². The molecule has 0 spiro atoms. The quantitative estimate of drug-likeness (QED) is 0.241. The first-order valence-corrected chi connectivity index (χ1v) is 13.0. The number of nitriles is 2. The van der Waals surface area contributed by atoms with Crippen LogP contribution in [0, 0.1) is 29.6 Å². The van der Waals surface area contributed by atoms with Crippen molar-refractivity contribution < 1.29 is 14.7 Å². The summed E-state index contributed by atoms with van der Waals surface area (Å²) >= 11 is 0. The average molecular weight is 505 g/mol. The van der Waals surface area contributed by atoms with Crippen LogP contribution in [0.1, 0.15) is 88.8 Å². The number of nitrogens with zero attached hydrogens (tertiary/aromatic N) is 4. The number of imide groups is 1. The number of carbonyl (C=O) groups is 2. The molecular formula is C29H36N4O4. The Balaban J connectivity index is 2.46. The summed E-state index contributed by atoms with van der Waals surface area (Å²) in [5.74, 6) is -1.28. The van der Waals surface area contributed by atoms with Crippen molar-refractivity contribution in [3.63, 3.8) is 0 Å². The van der Waals surface area contributed by atoms with E-state index in [0.29, 0.717) is 36.1 Å². The van der Waals surface area contributed by atoms with Gasteiger partial charge in [-0.2, -0.15) is 10.5 Å². The second-order valence-corrected chi connectivity index (χ2v) is 9.24. The molecule has 1 aromatic heterocycles. The van der Waals surface area contributed by atoms with Crippen molar-refractivity contribution >= 4 is 17.9 Å². The molecule has 8 nitrogen and oxygen atoms in total. The van der Waals surface area contributed by atoms with Gasteiger partial charge in [-0.25, -0.2) is 0 Å². The first kappa shape index (κ1) is 29.3. The van der Waals surface area contributed by atoms with Crippen LogP contribution < -0.4 is 5.56 Å². The second-order valence-electron chi connectivity index (χ2n) is 9.24. The zero-order chi connectivity index (χ0) is 27.5. The van der Waals surface area contributed by atoms with Crippen LogP contribution in [-0.4, -0.2) is 32.9 Å². The third-order valence-corrected chi connectivity index (χ3v) is 6.67. The standard InChI is InChI=1S/C29H36N4O4/c1-5-7-9-11-16-32-26(34)22(20(3)24(18-30)28(32)36)14-13-15-23-21(4)25(19-31)29(37)33(27(23)35)17-12-10-8-6-2/h13-15,34H,5-12,16-17H2,1-4H3/b14-13+,23-15-. The van der Waals surface area contributed by atoms with Gasteiger partial charge in [0, 0.05) is 24.2 Å². The van der Waals surface area contributed by atoms with Crippen LogP contribution in [-0.2, 0) is 16.1 Å². The van der Waals surface area contributed by atoms with Crippen LogP contribution in [0.3, 0.4) is 0 Å². The zero-order valence-electron chi connectivity index (χ0n) is 22.3. The van der Waals surface area contributed by atoms with E-state index >= 15 is 0 Å². The molecule has 0 aromatic carbocycles. The SMILES string of the molecule is CCCCCCN1C(=O)C(C#N)=C(C)/C(=C/C=C/c2c(C)c(C#N)c(=O)n(CCCCCC)c2O)C1=O. The van der Waals surface area contributed by atoms with Crippen LogP contribution in [0.15, 0.2) is 33.7 Å². The number of allylic oxidation sites excluding steroid dienone is 2. The number of hydrogen-bond donors (Lipinski definition) is 1. The molecule has 0 atom stereocenters. The smallest absolute Gasteiger partial charge is 0.271 e. The lowest BCUT2D eigenvalue weighted by Gasteiger charge is -2.27. The minimum absolute atomic E-state index is 0.0407. The van der Waals surface area contributed by atoms with Gasteiger partial charge < -0.3 is 5.11 Å². The average Bonchev–Trinajstić information content (AvgIpc) is 2.87. The normalized spacial score (nSPS) is 15.1. The number of pyridine rings is 1. The Morgan fingerprint density at radius 3 is 2.05 bits per heavy atom. The van der Waals surface area contributed by atoms with E-state index in [2.05, 4.69) is 13.8 Å². The number of aromatic nitrogens is 1. The van der Waals surface area contributed by atoms with Gasteiger partial charge in [-0.3, -0.25) is 23.9 Å². The van der Waals surface area contributed by atoms with E-state index < -0.39 is 17.4 Å². The van der Waals surface area contributed by atoms with Gasteiger partial charge >= 0.3 is 0 Å².